The zero-order valence-corrected chi connectivity index (χ0v) is 11.1. The summed E-state index contributed by atoms with van der Waals surface area (Å²) in [6.45, 7) is -0.762. The molecule has 3 N–H and O–H groups in total. The minimum absolute atomic E-state index is 0.111. The highest BCUT2D eigenvalue weighted by Crippen LogP contribution is 2.06. The van der Waals surface area contributed by atoms with Gasteiger partial charge in [-0.2, -0.15) is 4.98 Å². The molecule has 0 unspecified atom stereocenters. The quantitative estimate of drug-likeness (QED) is 0.720. The first-order valence-corrected chi connectivity index (χ1v) is 6.33. The van der Waals surface area contributed by atoms with Gasteiger partial charge in [0.05, 0.1) is 19.3 Å². The van der Waals surface area contributed by atoms with Gasteiger partial charge in [-0.25, -0.2) is 4.79 Å². The molecular weight excluding hydrogens is 274 g/mol. The molecule has 2 aromatic rings. The van der Waals surface area contributed by atoms with Gasteiger partial charge in [-0.3, -0.25) is 9.36 Å². The predicted octanol–water partition coefficient (Wildman–Crippen LogP) is 0.0213. The van der Waals surface area contributed by atoms with Crippen LogP contribution in [0.2, 0.25) is 0 Å². The molecule has 7 nitrogen and oxygen atoms in total. The van der Waals surface area contributed by atoms with E-state index in [1.165, 1.54) is 12.3 Å². The fourth-order valence-corrected chi connectivity index (χ4v) is 1.77. The number of anilines is 1. The number of hydrogen-bond acceptors (Lipinski definition) is 5. The van der Waals surface area contributed by atoms with Gasteiger partial charge in [0.1, 0.15) is 5.82 Å². The van der Waals surface area contributed by atoms with Crippen LogP contribution in [-0.4, -0.2) is 38.9 Å². The Morgan fingerprint density at radius 3 is 2.43 bits per heavy atom. The average Bonchev–Trinajstić information content (AvgIpc) is 2.51. The van der Waals surface area contributed by atoms with Gasteiger partial charge in [-0.15, -0.1) is 0 Å². The highest BCUT2D eigenvalue weighted by Gasteiger charge is 2.12. The lowest BCUT2D eigenvalue weighted by Crippen LogP contribution is -2.31. The van der Waals surface area contributed by atoms with E-state index in [-0.39, 0.29) is 24.9 Å². The molecule has 7 heteroatoms. The van der Waals surface area contributed by atoms with Crippen LogP contribution in [0.25, 0.3) is 0 Å². The van der Waals surface area contributed by atoms with Crippen LogP contribution in [0.15, 0.2) is 47.4 Å². The van der Waals surface area contributed by atoms with Crippen LogP contribution in [0.5, 0.6) is 0 Å². The van der Waals surface area contributed by atoms with Crippen molar-refractivity contribution >= 4 is 11.7 Å². The molecule has 1 heterocycles. The highest BCUT2D eigenvalue weighted by atomic mass is 16.3. The fourth-order valence-electron chi connectivity index (χ4n) is 1.77. The maximum Gasteiger partial charge on any atom is 0.349 e. The summed E-state index contributed by atoms with van der Waals surface area (Å²) in [5.74, 6) is -0.263. The average molecular weight is 289 g/mol. The zero-order chi connectivity index (χ0) is 15.2. The SMILES string of the molecule is O=C(Nc1ccn(C(CO)CO)c(=O)n1)c1ccccc1. The Morgan fingerprint density at radius 1 is 1.19 bits per heavy atom. The second kappa shape index (κ2) is 6.78. The van der Waals surface area contributed by atoms with Crippen molar-refractivity contribution in [3.05, 3.63) is 58.6 Å². The van der Waals surface area contributed by atoms with Crippen LogP contribution in [0, 0.1) is 0 Å². The van der Waals surface area contributed by atoms with Gasteiger partial charge in [0.2, 0.25) is 0 Å². The van der Waals surface area contributed by atoms with Crippen LogP contribution in [0.1, 0.15) is 16.4 Å². The summed E-state index contributed by atoms with van der Waals surface area (Å²) in [6.07, 6.45) is 1.37. The van der Waals surface area contributed by atoms with Crippen molar-refractivity contribution in [3.63, 3.8) is 0 Å². The molecule has 0 aliphatic rings. The number of aliphatic hydroxyl groups excluding tert-OH is 2. The summed E-state index contributed by atoms with van der Waals surface area (Å²) >= 11 is 0. The smallest absolute Gasteiger partial charge is 0.349 e. The van der Waals surface area contributed by atoms with E-state index in [1.54, 1.807) is 30.3 Å². The van der Waals surface area contributed by atoms with Gasteiger partial charge in [-0.05, 0) is 18.2 Å². The van der Waals surface area contributed by atoms with Crippen molar-refractivity contribution in [2.45, 2.75) is 6.04 Å². The molecule has 0 aliphatic carbocycles. The highest BCUT2D eigenvalue weighted by molar-refractivity contribution is 6.03. The second-order valence-electron chi connectivity index (χ2n) is 4.34. The first-order chi connectivity index (χ1) is 10.2. The Hall–Kier alpha value is -2.51. The van der Waals surface area contributed by atoms with Crippen LogP contribution < -0.4 is 11.0 Å². The summed E-state index contributed by atoms with van der Waals surface area (Å²) < 4.78 is 1.11. The lowest BCUT2D eigenvalue weighted by molar-refractivity contribution is 0.102. The fraction of sp³-hybridized carbons (Fsp3) is 0.214. The van der Waals surface area contributed by atoms with Crippen LogP contribution >= 0.6 is 0 Å². The van der Waals surface area contributed by atoms with E-state index in [0.29, 0.717) is 5.56 Å². The summed E-state index contributed by atoms with van der Waals surface area (Å²) in [7, 11) is 0. The van der Waals surface area contributed by atoms with E-state index in [2.05, 4.69) is 10.3 Å². The molecule has 2 rings (SSSR count). The van der Waals surface area contributed by atoms with E-state index in [9.17, 15) is 9.59 Å². The Labute approximate surface area is 120 Å². The summed E-state index contributed by atoms with van der Waals surface area (Å²) in [6, 6.07) is 9.22. The van der Waals surface area contributed by atoms with E-state index < -0.39 is 11.7 Å². The molecular formula is C14H15N3O4. The van der Waals surface area contributed by atoms with E-state index in [4.69, 9.17) is 10.2 Å². The van der Waals surface area contributed by atoms with Gasteiger partial charge >= 0.3 is 5.69 Å². The molecule has 0 atom stereocenters. The number of rotatable bonds is 5. The number of aliphatic hydroxyl groups is 2. The number of hydrogen-bond donors (Lipinski definition) is 3. The first-order valence-electron chi connectivity index (χ1n) is 6.33. The topological polar surface area (TPSA) is 104 Å². The number of carbonyl (C=O) groups is 1. The third-order valence-electron chi connectivity index (χ3n) is 2.92. The van der Waals surface area contributed by atoms with Crippen molar-refractivity contribution in [2.24, 2.45) is 0 Å². The molecule has 1 amide bonds. The van der Waals surface area contributed by atoms with Crippen molar-refractivity contribution in [3.8, 4) is 0 Å². The number of nitrogens with zero attached hydrogens (tertiary/aromatic N) is 2. The summed E-state index contributed by atoms with van der Waals surface area (Å²) in [4.78, 5) is 27.4. The summed E-state index contributed by atoms with van der Waals surface area (Å²) in [5.41, 5.74) is -0.207. The van der Waals surface area contributed by atoms with E-state index in [0.717, 1.165) is 4.57 Å². The molecule has 21 heavy (non-hydrogen) atoms. The molecule has 0 aliphatic heterocycles. The number of nitrogens with one attached hydrogen (secondary N) is 1. The molecule has 1 aromatic carbocycles. The maximum absolute atomic E-state index is 11.9. The third kappa shape index (κ3) is 3.53. The first kappa shape index (κ1) is 14.9. The molecule has 1 aromatic heterocycles. The van der Waals surface area contributed by atoms with Crippen LogP contribution in [0.4, 0.5) is 5.82 Å². The van der Waals surface area contributed by atoms with E-state index >= 15 is 0 Å². The van der Waals surface area contributed by atoms with Gasteiger partial charge in [0.15, 0.2) is 0 Å². The van der Waals surface area contributed by atoms with Crippen molar-refractivity contribution in [1.29, 1.82) is 0 Å². The van der Waals surface area contributed by atoms with Gasteiger partial charge < -0.3 is 15.5 Å². The Kier molecular flexibility index (Phi) is 4.81. The second-order valence-corrected chi connectivity index (χ2v) is 4.34. The minimum Gasteiger partial charge on any atom is -0.394 e. The lowest BCUT2D eigenvalue weighted by atomic mass is 10.2. The standard InChI is InChI=1S/C14H15N3O4/c18-8-11(9-19)17-7-6-12(16-14(17)21)15-13(20)10-4-2-1-3-5-10/h1-7,11,18-19H,8-9H2,(H,15,16,20,21). The minimum atomic E-state index is -0.746. The normalized spacial score (nSPS) is 10.6. The molecule has 0 saturated heterocycles. The number of amides is 1. The number of benzene rings is 1. The molecule has 0 bridgehead atoms. The molecule has 110 valence electrons. The maximum atomic E-state index is 11.9. The summed E-state index contributed by atoms with van der Waals surface area (Å²) in [5, 5.41) is 20.6. The Morgan fingerprint density at radius 2 is 1.86 bits per heavy atom. The van der Waals surface area contributed by atoms with Gasteiger partial charge in [-0.1, -0.05) is 18.2 Å². The number of aromatic nitrogens is 2. The molecule has 0 saturated carbocycles. The predicted molar refractivity (Wildman–Crippen MR) is 76.1 cm³/mol. The molecule has 0 fully saturated rings. The Balaban J connectivity index is 2.18. The van der Waals surface area contributed by atoms with Crippen molar-refractivity contribution < 1.29 is 15.0 Å². The van der Waals surface area contributed by atoms with Gasteiger partial charge in [0, 0.05) is 11.8 Å². The molecule has 0 radical (unpaired) electrons. The van der Waals surface area contributed by atoms with Crippen LogP contribution in [0.3, 0.4) is 0 Å². The van der Waals surface area contributed by atoms with Crippen molar-refractivity contribution in [2.75, 3.05) is 18.5 Å². The van der Waals surface area contributed by atoms with Gasteiger partial charge in [0.25, 0.3) is 5.91 Å². The largest absolute Gasteiger partial charge is 0.394 e. The molecule has 0 spiro atoms. The Bertz CT molecular complexity index is 665. The van der Waals surface area contributed by atoms with E-state index in [1.807, 2.05) is 0 Å². The third-order valence-corrected chi connectivity index (χ3v) is 2.92. The van der Waals surface area contributed by atoms with Crippen LogP contribution in [-0.2, 0) is 0 Å². The van der Waals surface area contributed by atoms with Crippen molar-refractivity contribution in [1.82, 2.24) is 9.55 Å². The zero-order valence-electron chi connectivity index (χ0n) is 11.1. The number of carbonyl (C=O) groups excluding carboxylic acids is 1. The lowest BCUT2D eigenvalue weighted by Gasteiger charge is -2.14. The monoisotopic (exact) mass is 289 g/mol.